The van der Waals surface area contributed by atoms with Gasteiger partial charge in [-0.15, -0.1) is 0 Å². The Kier molecular flexibility index (Phi) is 5.29. The van der Waals surface area contributed by atoms with Crippen LogP contribution in [0.25, 0.3) is 0 Å². The van der Waals surface area contributed by atoms with Crippen LogP contribution in [0.1, 0.15) is 36.2 Å². The minimum atomic E-state index is -0.124. The predicted molar refractivity (Wildman–Crippen MR) is 98.3 cm³/mol. The van der Waals surface area contributed by atoms with Gasteiger partial charge in [0.25, 0.3) is 5.91 Å². The summed E-state index contributed by atoms with van der Waals surface area (Å²) in [5.74, 6) is 1.24. The highest BCUT2D eigenvalue weighted by molar-refractivity contribution is 5.92. The van der Waals surface area contributed by atoms with Crippen molar-refractivity contribution in [1.29, 1.82) is 0 Å². The first kappa shape index (κ1) is 17.9. The Bertz CT molecular complexity index is 748. The number of ether oxygens (including phenoxy) is 2. The minimum Gasteiger partial charge on any atom is -0.492 e. The first-order chi connectivity index (χ1) is 13.3. The van der Waals surface area contributed by atoms with Crippen LogP contribution in [-0.2, 0) is 4.74 Å². The molecule has 7 nitrogen and oxygen atoms in total. The topological polar surface area (TPSA) is 77.4 Å². The number of carbonyl (C=O) groups excluding carboxylic acids is 1. The molecular formula is C20H24N4O3. The maximum atomic E-state index is 12.6. The Hall–Kier alpha value is -2.54. The van der Waals surface area contributed by atoms with Crippen LogP contribution in [0.4, 0.5) is 0 Å². The Morgan fingerprint density at radius 2 is 2.15 bits per heavy atom. The Morgan fingerprint density at radius 3 is 2.89 bits per heavy atom. The van der Waals surface area contributed by atoms with Gasteiger partial charge in [0, 0.05) is 32.1 Å². The van der Waals surface area contributed by atoms with Crippen molar-refractivity contribution in [3.63, 3.8) is 0 Å². The summed E-state index contributed by atoms with van der Waals surface area (Å²) >= 11 is 0. The van der Waals surface area contributed by atoms with Gasteiger partial charge >= 0.3 is 0 Å². The zero-order valence-corrected chi connectivity index (χ0v) is 15.3. The van der Waals surface area contributed by atoms with Crippen LogP contribution >= 0.6 is 0 Å². The summed E-state index contributed by atoms with van der Waals surface area (Å²) in [6, 6.07) is 5.46. The summed E-state index contributed by atoms with van der Waals surface area (Å²) in [7, 11) is 0. The van der Waals surface area contributed by atoms with Gasteiger partial charge < -0.3 is 14.4 Å². The fourth-order valence-corrected chi connectivity index (χ4v) is 4.16. The van der Waals surface area contributed by atoms with Gasteiger partial charge in [-0.25, -0.2) is 9.97 Å². The van der Waals surface area contributed by atoms with Gasteiger partial charge in [-0.1, -0.05) is 0 Å². The van der Waals surface area contributed by atoms with Crippen LogP contribution in [0, 0.1) is 5.92 Å². The number of hydrogen-bond acceptors (Lipinski definition) is 6. The van der Waals surface area contributed by atoms with E-state index in [1.165, 1.54) is 6.33 Å². The van der Waals surface area contributed by atoms with Gasteiger partial charge in [0.2, 0.25) is 0 Å². The Labute approximate surface area is 158 Å². The van der Waals surface area contributed by atoms with Crippen molar-refractivity contribution in [2.45, 2.75) is 31.3 Å². The molecule has 4 heterocycles. The third kappa shape index (κ3) is 3.93. The van der Waals surface area contributed by atoms with Gasteiger partial charge in [-0.2, -0.15) is 0 Å². The normalized spacial score (nSPS) is 21.3. The first-order valence-electron chi connectivity index (χ1n) is 9.49. The highest BCUT2D eigenvalue weighted by Crippen LogP contribution is 2.42. The third-order valence-electron chi connectivity index (χ3n) is 5.67. The molecular weight excluding hydrogens is 344 g/mol. The molecule has 0 N–H and O–H groups in total. The number of carbonyl (C=O) groups is 1. The molecule has 1 spiro atoms. The molecule has 27 heavy (non-hydrogen) atoms. The number of nitrogens with zero attached hydrogens (tertiary/aromatic N) is 4. The number of likely N-dealkylation sites (tertiary alicyclic amines) is 1. The molecule has 2 aromatic heterocycles. The van der Waals surface area contributed by atoms with Gasteiger partial charge in [0.05, 0.1) is 18.4 Å². The van der Waals surface area contributed by atoms with Crippen molar-refractivity contribution < 1.29 is 14.3 Å². The zero-order chi connectivity index (χ0) is 18.5. The molecule has 2 aliphatic rings. The highest BCUT2D eigenvalue weighted by atomic mass is 16.5. The number of pyridine rings is 1. The lowest BCUT2D eigenvalue weighted by Crippen LogP contribution is -2.49. The summed E-state index contributed by atoms with van der Waals surface area (Å²) in [4.78, 5) is 26.5. The average Bonchev–Trinajstić information content (AvgIpc) is 3.11. The lowest BCUT2D eigenvalue weighted by atomic mass is 9.78. The zero-order valence-electron chi connectivity index (χ0n) is 15.3. The molecule has 7 heteroatoms. The molecule has 0 radical (unpaired) electrons. The van der Waals surface area contributed by atoms with Gasteiger partial charge in [0.15, 0.2) is 0 Å². The van der Waals surface area contributed by atoms with Gasteiger partial charge in [-0.05, 0) is 49.8 Å². The summed E-state index contributed by atoms with van der Waals surface area (Å²) in [6.45, 7) is 2.84. The van der Waals surface area contributed by atoms with E-state index in [-0.39, 0.29) is 11.5 Å². The molecule has 142 valence electrons. The van der Waals surface area contributed by atoms with E-state index < -0.39 is 0 Å². The van der Waals surface area contributed by atoms with E-state index in [1.807, 2.05) is 17.0 Å². The first-order valence-corrected chi connectivity index (χ1v) is 9.49. The van der Waals surface area contributed by atoms with E-state index >= 15 is 0 Å². The van der Waals surface area contributed by atoms with Crippen molar-refractivity contribution in [1.82, 2.24) is 19.9 Å². The van der Waals surface area contributed by atoms with Crippen LogP contribution in [0.15, 0.2) is 43.1 Å². The predicted octanol–water partition coefficient (Wildman–Crippen LogP) is 2.35. The van der Waals surface area contributed by atoms with Crippen LogP contribution in [0.5, 0.6) is 5.75 Å². The molecule has 4 rings (SSSR count). The van der Waals surface area contributed by atoms with Gasteiger partial charge in [0.1, 0.15) is 17.8 Å². The molecule has 0 unspecified atom stereocenters. The fourth-order valence-electron chi connectivity index (χ4n) is 4.16. The van der Waals surface area contributed by atoms with Crippen LogP contribution in [0.3, 0.4) is 0 Å². The largest absolute Gasteiger partial charge is 0.492 e. The van der Waals surface area contributed by atoms with Crippen LogP contribution < -0.4 is 4.74 Å². The molecule has 0 saturated carbocycles. The van der Waals surface area contributed by atoms with E-state index in [4.69, 9.17) is 9.47 Å². The van der Waals surface area contributed by atoms with E-state index in [0.29, 0.717) is 31.3 Å². The van der Waals surface area contributed by atoms with Crippen LogP contribution in [-0.4, -0.2) is 57.7 Å². The lowest BCUT2D eigenvalue weighted by Gasteiger charge is -2.42. The van der Waals surface area contributed by atoms with Crippen LogP contribution in [0.2, 0.25) is 0 Å². The molecule has 2 aromatic rings. The lowest BCUT2D eigenvalue weighted by molar-refractivity contribution is -0.0649. The monoisotopic (exact) mass is 368 g/mol. The van der Waals surface area contributed by atoms with E-state index in [2.05, 4.69) is 15.0 Å². The van der Waals surface area contributed by atoms with E-state index in [0.717, 1.165) is 38.0 Å². The van der Waals surface area contributed by atoms with Crippen molar-refractivity contribution in [2.24, 2.45) is 5.92 Å². The summed E-state index contributed by atoms with van der Waals surface area (Å²) < 4.78 is 12.0. The van der Waals surface area contributed by atoms with Crippen molar-refractivity contribution in [2.75, 3.05) is 26.3 Å². The second-order valence-electron chi connectivity index (χ2n) is 7.11. The number of hydrogen-bond donors (Lipinski definition) is 0. The van der Waals surface area contributed by atoms with E-state index in [9.17, 15) is 4.79 Å². The number of piperidine rings is 1. The Morgan fingerprint density at radius 1 is 1.26 bits per heavy atom. The number of aromatic nitrogens is 3. The highest BCUT2D eigenvalue weighted by Gasteiger charge is 2.46. The molecule has 0 aliphatic carbocycles. The summed E-state index contributed by atoms with van der Waals surface area (Å²) in [5, 5.41) is 0. The average molecular weight is 368 g/mol. The number of amides is 1. The quantitative estimate of drug-likeness (QED) is 0.806. The van der Waals surface area contributed by atoms with Gasteiger partial charge in [-0.3, -0.25) is 9.78 Å². The van der Waals surface area contributed by atoms with Crippen molar-refractivity contribution in [3.05, 3.63) is 48.8 Å². The standard InChI is InChI=1S/C20H24N4O3/c25-19(18-3-9-22-15-23-18)24-10-6-20(7-11-24)16(5-13-27-20)4-12-26-17-2-1-8-21-14-17/h1-3,8-9,14-16H,4-7,10-13H2/t16-/m0/s1. The maximum Gasteiger partial charge on any atom is 0.272 e. The second-order valence-corrected chi connectivity index (χ2v) is 7.11. The molecule has 1 atom stereocenters. The van der Waals surface area contributed by atoms with Crippen molar-refractivity contribution >= 4 is 5.91 Å². The molecule has 1 amide bonds. The maximum absolute atomic E-state index is 12.6. The summed E-state index contributed by atoms with van der Waals surface area (Å²) in [6.07, 6.45) is 10.2. The molecule has 2 aliphatic heterocycles. The fraction of sp³-hybridized carbons (Fsp3) is 0.500. The van der Waals surface area contributed by atoms with E-state index in [1.54, 1.807) is 24.7 Å². The second kappa shape index (κ2) is 8.00. The molecule has 2 saturated heterocycles. The summed E-state index contributed by atoms with van der Waals surface area (Å²) in [5.41, 5.74) is 0.329. The molecule has 0 aromatic carbocycles. The third-order valence-corrected chi connectivity index (χ3v) is 5.67. The minimum absolute atomic E-state index is 0.0262. The SMILES string of the molecule is O=C(c1ccncn1)N1CCC2(CC1)OCC[C@@H]2CCOc1cccnc1. The molecule has 2 fully saturated rings. The molecule has 0 bridgehead atoms. The Balaban J connectivity index is 1.31. The smallest absolute Gasteiger partial charge is 0.272 e. The van der Waals surface area contributed by atoms with Crippen molar-refractivity contribution in [3.8, 4) is 5.75 Å². The number of rotatable bonds is 5.